The van der Waals surface area contributed by atoms with Crippen LogP contribution in [0.15, 0.2) is 36.7 Å². The summed E-state index contributed by atoms with van der Waals surface area (Å²) in [5, 5.41) is 4.00. The number of nitrogens with zero attached hydrogens (tertiary/aromatic N) is 3. The van der Waals surface area contributed by atoms with Crippen molar-refractivity contribution in [2.75, 3.05) is 18.9 Å². The number of hydrogen-bond acceptors (Lipinski definition) is 4. The van der Waals surface area contributed by atoms with Crippen LogP contribution in [0, 0.1) is 0 Å². The van der Waals surface area contributed by atoms with Crippen LogP contribution in [-0.2, 0) is 13.1 Å². The van der Waals surface area contributed by atoms with Crippen molar-refractivity contribution in [1.82, 2.24) is 14.9 Å². The molecule has 0 aliphatic heterocycles. The average Bonchev–Trinajstić information content (AvgIpc) is 2.49. The van der Waals surface area contributed by atoms with Crippen molar-refractivity contribution in [1.29, 1.82) is 0 Å². The predicted octanol–water partition coefficient (Wildman–Crippen LogP) is 3.58. The Morgan fingerprint density at radius 1 is 1.14 bits per heavy atom. The molecule has 4 nitrogen and oxygen atoms in total. The highest BCUT2D eigenvalue weighted by molar-refractivity contribution is 6.31. The van der Waals surface area contributed by atoms with Crippen LogP contribution in [0.5, 0.6) is 0 Å². The van der Waals surface area contributed by atoms with Gasteiger partial charge in [-0.2, -0.15) is 0 Å². The molecule has 2 heterocycles. The molecule has 0 saturated carbocycles. The first-order valence-electron chi connectivity index (χ1n) is 7.15. The highest BCUT2D eigenvalue weighted by atomic mass is 35.5. The summed E-state index contributed by atoms with van der Waals surface area (Å²) in [5.41, 5.74) is 2.12. The Bertz CT molecular complexity index is 559. The smallest absolute Gasteiger partial charge is 0.126 e. The number of rotatable bonds is 7. The fraction of sp³-hybridized carbons (Fsp3) is 0.375. The minimum atomic E-state index is 0.707. The van der Waals surface area contributed by atoms with Crippen molar-refractivity contribution in [2.24, 2.45) is 0 Å². The molecule has 0 saturated heterocycles. The topological polar surface area (TPSA) is 41.0 Å². The molecule has 0 bridgehead atoms. The van der Waals surface area contributed by atoms with Gasteiger partial charge in [0.2, 0.25) is 0 Å². The van der Waals surface area contributed by atoms with E-state index in [0.717, 1.165) is 31.0 Å². The van der Waals surface area contributed by atoms with Gasteiger partial charge in [0.1, 0.15) is 5.82 Å². The van der Waals surface area contributed by atoms with Crippen LogP contribution in [0.1, 0.15) is 24.6 Å². The molecule has 2 rings (SSSR count). The monoisotopic (exact) mass is 304 g/mol. The van der Waals surface area contributed by atoms with E-state index in [0.29, 0.717) is 11.6 Å². The molecule has 0 unspecified atom stereocenters. The summed E-state index contributed by atoms with van der Waals surface area (Å²) in [6, 6.07) is 7.86. The van der Waals surface area contributed by atoms with Crippen LogP contribution < -0.4 is 5.32 Å². The second-order valence-corrected chi connectivity index (χ2v) is 5.49. The van der Waals surface area contributed by atoms with E-state index in [4.69, 9.17) is 11.6 Å². The van der Waals surface area contributed by atoms with Crippen LogP contribution in [0.4, 0.5) is 5.82 Å². The average molecular weight is 305 g/mol. The van der Waals surface area contributed by atoms with E-state index in [1.54, 1.807) is 0 Å². The van der Waals surface area contributed by atoms with Gasteiger partial charge < -0.3 is 5.32 Å². The molecule has 0 aliphatic carbocycles. The van der Waals surface area contributed by atoms with E-state index >= 15 is 0 Å². The first kappa shape index (κ1) is 15.7. The second-order valence-electron chi connectivity index (χ2n) is 5.08. The van der Waals surface area contributed by atoms with Gasteiger partial charge in [-0.05, 0) is 43.3 Å². The Morgan fingerprint density at radius 2 is 1.90 bits per heavy atom. The Balaban J connectivity index is 2.00. The van der Waals surface area contributed by atoms with E-state index in [2.05, 4.69) is 34.2 Å². The zero-order chi connectivity index (χ0) is 15.1. The second kappa shape index (κ2) is 7.96. The molecule has 1 N–H and O–H groups in total. The third-order valence-electron chi connectivity index (χ3n) is 3.10. The molecule has 21 heavy (non-hydrogen) atoms. The summed E-state index contributed by atoms with van der Waals surface area (Å²) < 4.78 is 0. The molecular weight excluding hydrogens is 284 g/mol. The van der Waals surface area contributed by atoms with E-state index in [1.165, 1.54) is 5.56 Å². The highest BCUT2D eigenvalue weighted by Crippen LogP contribution is 2.18. The number of aromatic nitrogens is 2. The number of pyridine rings is 2. The molecule has 0 aliphatic rings. The Morgan fingerprint density at radius 3 is 2.62 bits per heavy atom. The van der Waals surface area contributed by atoms with E-state index in [-0.39, 0.29) is 0 Å². The van der Waals surface area contributed by atoms with Crippen molar-refractivity contribution in [2.45, 2.75) is 26.4 Å². The number of nitrogens with one attached hydrogen (secondary N) is 1. The molecule has 5 heteroatoms. The van der Waals surface area contributed by atoms with Crippen LogP contribution in [-0.4, -0.2) is 28.5 Å². The maximum absolute atomic E-state index is 6.25. The van der Waals surface area contributed by atoms with Crippen molar-refractivity contribution >= 4 is 17.4 Å². The van der Waals surface area contributed by atoms with Crippen LogP contribution >= 0.6 is 11.6 Å². The lowest BCUT2D eigenvalue weighted by atomic mass is 10.2. The summed E-state index contributed by atoms with van der Waals surface area (Å²) in [7, 11) is 2.06. The van der Waals surface area contributed by atoms with Gasteiger partial charge in [0.15, 0.2) is 0 Å². The summed E-state index contributed by atoms with van der Waals surface area (Å²) in [4.78, 5) is 10.8. The first-order valence-corrected chi connectivity index (χ1v) is 7.53. The molecule has 2 aromatic heterocycles. The summed E-state index contributed by atoms with van der Waals surface area (Å²) >= 11 is 6.25. The molecule has 2 aromatic rings. The van der Waals surface area contributed by atoms with Crippen molar-refractivity contribution < 1.29 is 0 Å². The Hall–Kier alpha value is -1.65. The summed E-state index contributed by atoms with van der Waals surface area (Å²) in [5.74, 6) is 0.883. The normalized spacial score (nSPS) is 10.9. The molecule has 0 fully saturated rings. The van der Waals surface area contributed by atoms with E-state index in [9.17, 15) is 0 Å². The van der Waals surface area contributed by atoms with Crippen LogP contribution in [0.2, 0.25) is 5.02 Å². The number of anilines is 1. The van der Waals surface area contributed by atoms with Gasteiger partial charge in [0.25, 0.3) is 0 Å². The van der Waals surface area contributed by atoms with Gasteiger partial charge in [-0.1, -0.05) is 18.5 Å². The molecule has 0 aromatic carbocycles. The first-order chi connectivity index (χ1) is 10.2. The predicted molar refractivity (Wildman–Crippen MR) is 87.4 cm³/mol. The zero-order valence-corrected chi connectivity index (χ0v) is 13.3. The van der Waals surface area contributed by atoms with Crippen molar-refractivity contribution in [3.05, 3.63) is 52.9 Å². The third-order valence-corrected chi connectivity index (χ3v) is 3.44. The summed E-state index contributed by atoms with van der Waals surface area (Å²) in [6.45, 7) is 4.60. The number of halogens is 1. The third kappa shape index (κ3) is 4.99. The minimum absolute atomic E-state index is 0.707. The van der Waals surface area contributed by atoms with Gasteiger partial charge in [-0.15, -0.1) is 0 Å². The maximum atomic E-state index is 6.25. The molecule has 0 spiro atoms. The Kier molecular flexibility index (Phi) is 5.96. The quantitative estimate of drug-likeness (QED) is 0.849. The fourth-order valence-corrected chi connectivity index (χ4v) is 2.22. The lowest BCUT2D eigenvalue weighted by molar-refractivity contribution is 0.315. The SMILES string of the molecule is CCCNc1ccc(Cl)c(CN(C)Cc2ccncc2)n1. The minimum Gasteiger partial charge on any atom is -0.370 e. The van der Waals surface area contributed by atoms with Gasteiger partial charge in [-0.3, -0.25) is 9.88 Å². The fourth-order valence-electron chi connectivity index (χ4n) is 2.06. The van der Waals surface area contributed by atoms with Gasteiger partial charge in [0.05, 0.1) is 10.7 Å². The highest BCUT2D eigenvalue weighted by Gasteiger charge is 2.08. The molecular formula is C16H21ClN4. The standard InChI is InChI=1S/C16H21ClN4/c1-3-8-19-16-5-4-14(17)15(20-16)12-21(2)11-13-6-9-18-10-7-13/h4-7,9-10H,3,8,11-12H2,1-2H3,(H,19,20). The largest absolute Gasteiger partial charge is 0.370 e. The van der Waals surface area contributed by atoms with Crippen molar-refractivity contribution in [3.8, 4) is 0 Å². The van der Waals surface area contributed by atoms with Gasteiger partial charge in [0, 0.05) is 32.0 Å². The molecule has 0 radical (unpaired) electrons. The number of hydrogen-bond donors (Lipinski definition) is 1. The molecule has 0 atom stereocenters. The Labute approximate surface area is 131 Å². The lowest BCUT2D eigenvalue weighted by Gasteiger charge is -2.17. The van der Waals surface area contributed by atoms with Gasteiger partial charge in [-0.25, -0.2) is 4.98 Å². The lowest BCUT2D eigenvalue weighted by Crippen LogP contribution is -2.18. The maximum Gasteiger partial charge on any atom is 0.126 e. The van der Waals surface area contributed by atoms with E-state index in [1.807, 2.05) is 36.7 Å². The van der Waals surface area contributed by atoms with Crippen molar-refractivity contribution in [3.63, 3.8) is 0 Å². The van der Waals surface area contributed by atoms with Crippen LogP contribution in [0.3, 0.4) is 0 Å². The molecule has 112 valence electrons. The van der Waals surface area contributed by atoms with E-state index < -0.39 is 0 Å². The molecule has 0 amide bonds. The van der Waals surface area contributed by atoms with Gasteiger partial charge >= 0.3 is 0 Å². The zero-order valence-electron chi connectivity index (χ0n) is 12.5. The summed E-state index contributed by atoms with van der Waals surface area (Å²) in [6.07, 6.45) is 4.69. The van der Waals surface area contributed by atoms with Crippen LogP contribution in [0.25, 0.3) is 0 Å².